The van der Waals surface area contributed by atoms with Gasteiger partial charge in [-0.25, -0.2) is 0 Å². The molecule has 0 spiro atoms. The van der Waals surface area contributed by atoms with Gasteiger partial charge in [0.25, 0.3) is 0 Å². The highest BCUT2D eigenvalue weighted by atomic mass is 16.2. The Hall–Kier alpha value is -3.32. The third kappa shape index (κ3) is 4.88. The molecular weight excluding hydrogens is 394 g/mol. The standard InChI is InChI=1S/C24H27N3O4/c1-14(27(5)13-20(28)26-24(2,3)4)23(31)25-15-10-11-18-19(12-15)22(30)17-9-7-6-8-16(17)21(18)29/h6-12,14H,13H2,1-5H3,(H,25,31)(H,26,28)/t14-/m0/s1. The normalized spacial score (nSPS) is 14.0. The minimum atomic E-state index is -0.584. The fourth-order valence-corrected chi connectivity index (χ4v) is 3.45. The zero-order valence-corrected chi connectivity index (χ0v) is 18.4. The Labute approximate surface area is 181 Å². The number of nitrogens with one attached hydrogen (secondary N) is 2. The highest BCUT2D eigenvalue weighted by Crippen LogP contribution is 2.29. The number of carbonyl (C=O) groups excluding carboxylic acids is 4. The maximum absolute atomic E-state index is 12.9. The lowest BCUT2D eigenvalue weighted by molar-refractivity contribution is -0.125. The van der Waals surface area contributed by atoms with Crippen LogP contribution in [0.1, 0.15) is 59.5 Å². The van der Waals surface area contributed by atoms with E-state index in [4.69, 9.17) is 0 Å². The van der Waals surface area contributed by atoms with Gasteiger partial charge in [-0.2, -0.15) is 0 Å². The summed E-state index contributed by atoms with van der Waals surface area (Å²) in [4.78, 5) is 52.0. The number of nitrogens with zero attached hydrogens (tertiary/aromatic N) is 1. The molecule has 0 fully saturated rings. The summed E-state index contributed by atoms with van der Waals surface area (Å²) in [5.41, 5.74) is 1.42. The van der Waals surface area contributed by atoms with Gasteiger partial charge in [0, 0.05) is 33.5 Å². The Morgan fingerprint density at radius 1 is 0.935 bits per heavy atom. The van der Waals surface area contributed by atoms with Crippen LogP contribution < -0.4 is 10.6 Å². The van der Waals surface area contributed by atoms with Crippen molar-refractivity contribution in [2.45, 2.75) is 39.3 Å². The smallest absolute Gasteiger partial charge is 0.241 e. The number of fused-ring (bicyclic) bond motifs is 2. The molecule has 0 radical (unpaired) electrons. The molecule has 2 aromatic carbocycles. The molecule has 7 heteroatoms. The number of carbonyl (C=O) groups is 4. The average molecular weight is 421 g/mol. The molecule has 162 valence electrons. The van der Waals surface area contributed by atoms with Gasteiger partial charge in [-0.1, -0.05) is 24.3 Å². The van der Waals surface area contributed by atoms with Crippen LogP contribution in [0.5, 0.6) is 0 Å². The summed E-state index contributed by atoms with van der Waals surface area (Å²) in [5, 5.41) is 5.64. The van der Waals surface area contributed by atoms with Crippen LogP contribution in [0.15, 0.2) is 42.5 Å². The summed E-state index contributed by atoms with van der Waals surface area (Å²) >= 11 is 0. The van der Waals surface area contributed by atoms with Gasteiger partial charge in [0.15, 0.2) is 11.6 Å². The van der Waals surface area contributed by atoms with Crippen molar-refractivity contribution in [3.63, 3.8) is 0 Å². The zero-order chi connectivity index (χ0) is 22.9. The summed E-state index contributed by atoms with van der Waals surface area (Å²) < 4.78 is 0. The Balaban J connectivity index is 1.72. The van der Waals surface area contributed by atoms with E-state index in [9.17, 15) is 19.2 Å². The summed E-state index contributed by atoms with van der Waals surface area (Å²) in [5.74, 6) is -0.946. The minimum Gasteiger partial charge on any atom is -0.350 e. The molecule has 0 aliphatic heterocycles. The second-order valence-corrected chi connectivity index (χ2v) is 8.84. The van der Waals surface area contributed by atoms with E-state index in [1.807, 2.05) is 20.8 Å². The second-order valence-electron chi connectivity index (χ2n) is 8.84. The Bertz CT molecular complexity index is 1070. The predicted octanol–water partition coefficient (Wildman–Crippen LogP) is 2.64. The molecule has 3 rings (SSSR count). The van der Waals surface area contributed by atoms with Crippen LogP contribution in [0.25, 0.3) is 0 Å². The van der Waals surface area contributed by atoms with Crippen molar-refractivity contribution in [1.82, 2.24) is 10.2 Å². The highest BCUT2D eigenvalue weighted by molar-refractivity contribution is 6.28. The Morgan fingerprint density at radius 3 is 2.06 bits per heavy atom. The first kappa shape index (κ1) is 22.4. The summed E-state index contributed by atoms with van der Waals surface area (Å²) in [7, 11) is 1.69. The van der Waals surface area contributed by atoms with Crippen LogP contribution in [-0.2, 0) is 9.59 Å². The van der Waals surface area contributed by atoms with Crippen LogP contribution in [0.4, 0.5) is 5.69 Å². The van der Waals surface area contributed by atoms with Crippen LogP contribution in [0, 0.1) is 0 Å². The average Bonchev–Trinajstić information content (AvgIpc) is 2.69. The minimum absolute atomic E-state index is 0.0693. The first-order valence-corrected chi connectivity index (χ1v) is 10.1. The largest absolute Gasteiger partial charge is 0.350 e. The summed E-state index contributed by atoms with van der Waals surface area (Å²) in [6, 6.07) is 10.8. The monoisotopic (exact) mass is 421 g/mol. The van der Waals surface area contributed by atoms with Gasteiger partial charge in [0.05, 0.1) is 12.6 Å². The number of amides is 2. The third-order valence-corrected chi connectivity index (χ3v) is 5.14. The fraction of sp³-hybridized carbons (Fsp3) is 0.333. The quantitative estimate of drug-likeness (QED) is 0.660. The zero-order valence-electron chi connectivity index (χ0n) is 18.4. The fourth-order valence-electron chi connectivity index (χ4n) is 3.45. The first-order chi connectivity index (χ1) is 14.5. The van der Waals surface area contributed by atoms with Gasteiger partial charge < -0.3 is 10.6 Å². The second kappa shape index (κ2) is 8.43. The molecule has 0 aromatic heterocycles. The molecule has 31 heavy (non-hydrogen) atoms. The highest BCUT2D eigenvalue weighted by Gasteiger charge is 2.30. The van der Waals surface area contributed by atoms with Gasteiger partial charge in [-0.3, -0.25) is 24.1 Å². The molecular formula is C24H27N3O4. The maximum atomic E-state index is 12.9. The summed E-state index contributed by atoms with van der Waals surface area (Å²) in [6.45, 7) is 7.44. The topological polar surface area (TPSA) is 95.6 Å². The number of hydrogen-bond acceptors (Lipinski definition) is 5. The van der Waals surface area contributed by atoms with Crippen LogP contribution in [0.2, 0.25) is 0 Å². The van der Waals surface area contributed by atoms with E-state index in [0.717, 1.165) is 0 Å². The van der Waals surface area contributed by atoms with Crippen LogP contribution in [0.3, 0.4) is 0 Å². The molecule has 2 amide bonds. The van der Waals surface area contributed by atoms with Gasteiger partial charge in [0.1, 0.15) is 0 Å². The lowest BCUT2D eigenvalue weighted by Crippen LogP contribution is -2.49. The number of benzene rings is 2. The Kier molecular flexibility index (Phi) is 6.08. The SMILES string of the molecule is C[C@@H](C(=O)Nc1ccc2c(c1)C(=O)c1ccccc1C2=O)N(C)CC(=O)NC(C)(C)C. The molecule has 1 atom stereocenters. The van der Waals surface area contributed by atoms with E-state index in [2.05, 4.69) is 10.6 Å². The van der Waals surface area contributed by atoms with E-state index in [1.165, 1.54) is 6.07 Å². The number of rotatable bonds is 5. The van der Waals surface area contributed by atoms with Crippen LogP contribution >= 0.6 is 0 Å². The number of ketones is 2. The van der Waals surface area contributed by atoms with Crippen molar-refractivity contribution >= 4 is 29.1 Å². The van der Waals surface area contributed by atoms with Crippen molar-refractivity contribution in [1.29, 1.82) is 0 Å². The molecule has 0 saturated heterocycles. The molecule has 2 N–H and O–H groups in total. The molecule has 0 unspecified atom stereocenters. The molecule has 1 aliphatic rings. The molecule has 0 heterocycles. The van der Waals surface area contributed by atoms with Gasteiger partial charge in [0.2, 0.25) is 11.8 Å². The van der Waals surface area contributed by atoms with E-state index < -0.39 is 6.04 Å². The predicted molar refractivity (Wildman–Crippen MR) is 118 cm³/mol. The number of likely N-dealkylation sites (N-methyl/N-ethyl adjacent to an activating group) is 1. The molecule has 0 saturated carbocycles. The lowest BCUT2D eigenvalue weighted by atomic mass is 9.84. The van der Waals surface area contributed by atoms with Crippen molar-refractivity contribution in [3.05, 3.63) is 64.7 Å². The number of hydrogen-bond donors (Lipinski definition) is 2. The van der Waals surface area contributed by atoms with Crippen LogP contribution in [-0.4, -0.2) is 53.5 Å². The van der Waals surface area contributed by atoms with Crippen molar-refractivity contribution in [2.24, 2.45) is 0 Å². The molecule has 7 nitrogen and oxygen atoms in total. The van der Waals surface area contributed by atoms with Gasteiger partial charge >= 0.3 is 0 Å². The van der Waals surface area contributed by atoms with E-state index in [1.54, 1.807) is 55.3 Å². The van der Waals surface area contributed by atoms with Gasteiger partial charge in [-0.05, 0) is 52.9 Å². The first-order valence-electron chi connectivity index (χ1n) is 10.1. The van der Waals surface area contributed by atoms with E-state index in [-0.39, 0.29) is 41.0 Å². The van der Waals surface area contributed by atoms with Gasteiger partial charge in [-0.15, -0.1) is 0 Å². The van der Waals surface area contributed by atoms with Crippen molar-refractivity contribution in [3.8, 4) is 0 Å². The molecule has 0 bridgehead atoms. The molecule has 2 aromatic rings. The summed E-state index contributed by atoms with van der Waals surface area (Å²) in [6.07, 6.45) is 0. The number of anilines is 1. The van der Waals surface area contributed by atoms with E-state index in [0.29, 0.717) is 22.4 Å². The maximum Gasteiger partial charge on any atom is 0.241 e. The Morgan fingerprint density at radius 2 is 1.48 bits per heavy atom. The third-order valence-electron chi connectivity index (χ3n) is 5.14. The lowest BCUT2D eigenvalue weighted by Gasteiger charge is -2.26. The van der Waals surface area contributed by atoms with Crippen molar-refractivity contribution in [2.75, 3.05) is 18.9 Å². The van der Waals surface area contributed by atoms with E-state index >= 15 is 0 Å². The van der Waals surface area contributed by atoms with Crippen molar-refractivity contribution < 1.29 is 19.2 Å². The molecule has 1 aliphatic carbocycles.